The lowest BCUT2D eigenvalue weighted by Crippen LogP contribution is -2.30. The summed E-state index contributed by atoms with van der Waals surface area (Å²) in [6, 6.07) is 9.29. The fraction of sp³-hybridized carbons (Fsp3) is 0.238. The Morgan fingerprint density at radius 2 is 1.97 bits per heavy atom. The molecule has 0 spiro atoms. The average molecular weight is 435 g/mol. The molecule has 0 bridgehead atoms. The van der Waals surface area contributed by atoms with E-state index >= 15 is 0 Å². The molecule has 3 amide bonds. The van der Waals surface area contributed by atoms with Gasteiger partial charge in [-0.05, 0) is 55.3 Å². The number of nitrogens with one attached hydrogen (secondary N) is 1. The maximum absolute atomic E-state index is 12.8. The number of benzene rings is 2. The molecule has 1 aliphatic rings. The van der Waals surface area contributed by atoms with Gasteiger partial charge in [0.05, 0.1) is 23.9 Å². The number of carbonyl (C=O) groups is 2. The van der Waals surface area contributed by atoms with Crippen LogP contribution in [0.1, 0.15) is 25.8 Å². The Kier molecular flexibility index (Phi) is 6.35. The number of anilines is 1. The van der Waals surface area contributed by atoms with Crippen LogP contribution < -0.4 is 19.7 Å². The summed E-state index contributed by atoms with van der Waals surface area (Å²) in [7, 11) is 1.51. The van der Waals surface area contributed by atoms with E-state index in [0.717, 1.165) is 11.3 Å². The molecule has 2 aromatic rings. The van der Waals surface area contributed by atoms with Crippen LogP contribution in [-0.2, 0) is 4.79 Å². The molecule has 1 saturated heterocycles. The number of carbonyl (C=O) groups excluding carboxylic acids is 2. The van der Waals surface area contributed by atoms with Gasteiger partial charge in [-0.2, -0.15) is 0 Å². The van der Waals surface area contributed by atoms with E-state index in [2.05, 4.69) is 5.32 Å². The maximum Gasteiger partial charge on any atom is 0.333 e. The highest BCUT2D eigenvalue weighted by atomic mass is 35.5. The van der Waals surface area contributed by atoms with Gasteiger partial charge < -0.3 is 14.8 Å². The molecule has 8 heteroatoms. The van der Waals surface area contributed by atoms with Crippen molar-refractivity contribution < 1.29 is 19.1 Å². The van der Waals surface area contributed by atoms with Crippen LogP contribution in [0.15, 0.2) is 42.1 Å². The van der Waals surface area contributed by atoms with E-state index in [1.807, 2.05) is 13.8 Å². The molecule has 1 heterocycles. The number of amides is 3. The molecule has 29 heavy (non-hydrogen) atoms. The molecular formula is C21H20Cl2N2O4. The zero-order chi connectivity index (χ0) is 21.1. The number of urea groups is 1. The minimum atomic E-state index is -0.557. The summed E-state index contributed by atoms with van der Waals surface area (Å²) in [6.07, 6.45) is 2.31. The molecule has 1 atom stereocenters. The van der Waals surface area contributed by atoms with Gasteiger partial charge in [-0.15, -0.1) is 0 Å². The van der Waals surface area contributed by atoms with Crippen LogP contribution in [0.4, 0.5) is 10.5 Å². The van der Waals surface area contributed by atoms with Gasteiger partial charge in [-0.25, -0.2) is 9.69 Å². The number of hydrogen-bond donors (Lipinski definition) is 1. The molecule has 0 unspecified atom stereocenters. The van der Waals surface area contributed by atoms with Crippen LogP contribution in [0.5, 0.6) is 11.5 Å². The van der Waals surface area contributed by atoms with Crippen LogP contribution in [0.2, 0.25) is 10.0 Å². The van der Waals surface area contributed by atoms with Crippen molar-refractivity contribution in [2.45, 2.75) is 26.4 Å². The number of nitrogens with zero attached hydrogens (tertiary/aromatic N) is 1. The van der Waals surface area contributed by atoms with E-state index in [1.54, 1.807) is 36.4 Å². The second-order valence-corrected chi connectivity index (χ2v) is 7.32. The number of methoxy groups -OCH3 is 1. The summed E-state index contributed by atoms with van der Waals surface area (Å²) in [4.78, 5) is 26.1. The van der Waals surface area contributed by atoms with Gasteiger partial charge >= 0.3 is 6.03 Å². The zero-order valence-electron chi connectivity index (χ0n) is 16.2. The lowest BCUT2D eigenvalue weighted by atomic mass is 10.1. The number of hydrogen-bond acceptors (Lipinski definition) is 4. The molecule has 3 rings (SSSR count). The minimum Gasteiger partial charge on any atom is -0.493 e. The topological polar surface area (TPSA) is 67.9 Å². The molecule has 1 aliphatic heterocycles. The molecule has 152 valence electrons. The Bertz CT molecular complexity index is 991. The van der Waals surface area contributed by atoms with E-state index in [0.29, 0.717) is 32.8 Å². The highest BCUT2D eigenvalue weighted by molar-refractivity contribution is 6.33. The number of rotatable bonds is 6. The highest BCUT2D eigenvalue weighted by Crippen LogP contribution is 2.38. The molecule has 1 N–H and O–H groups in total. The van der Waals surface area contributed by atoms with E-state index in [4.69, 9.17) is 32.7 Å². The van der Waals surface area contributed by atoms with Crippen molar-refractivity contribution in [2.75, 3.05) is 12.0 Å². The quantitative estimate of drug-likeness (QED) is 0.496. The lowest BCUT2D eigenvalue weighted by molar-refractivity contribution is -0.113. The van der Waals surface area contributed by atoms with E-state index in [9.17, 15) is 9.59 Å². The summed E-state index contributed by atoms with van der Waals surface area (Å²) in [6.45, 7) is 3.94. The predicted octanol–water partition coefficient (Wildman–Crippen LogP) is 5.28. The van der Waals surface area contributed by atoms with Crippen LogP contribution in [-0.4, -0.2) is 25.2 Å². The van der Waals surface area contributed by atoms with Gasteiger partial charge in [0.25, 0.3) is 5.91 Å². The summed E-state index contributed by atoms with van der Waals surface area (Å²) >= 11 is 12.3. The van der Waals surface area contributed by atoms with Crippen LogP contribution in [0.25, 0.3) is 6.08 Å². The number of halogens is 2. The SMILES string of the molecule is CC[C@H](C)Oc1c(Cl)cc(/C=C2/NC(=O)N(c3cccc(Cl)c3)C2=O)cc1OC. The van der Waals surface area contributed by atoms with E-state index in [-0.39, 0.29) is 11.8 Å². The normalized spacial score (nSPS) is 16.2. The van der Waals surface area contributed by atoms with Gasteiger partial charge in [-0.1, -0.05) is 36.2 Å². The third-order valence-corrected chi connectivity index (χ3v) is 4.92. The molecule has 0 aliphatic carbocycles. The summed E-state index contributed by atoms with van der Waals surface area (Å²) in [5.41, 5.74) is 1.08. The smallest absolute Gasteiger partial charge is 0.333 e. The lowest BCUT2D eigenvalue weighted by Gasteiger charge is -2.17. The van der Waals surface area contributed by atoms with Crippen LogP contribution in [0.3, 0.4) is 0 Å². The molecular weight excluding hydrogens is 415 g/mol. The first-order valence-electron chi connectivity index (χ1n) is 9.01. The second-order valence-electron chi connectivity index (χ2n) is 6.48. The fourth-order valence-electron chi connectivity index (χ4n) is 2.77. The van der Waals surface area contributed by atoms with Crippen molar-refractivity contribution in [1.82, 2.24) is 5.32 Å². The van der Waals surface area contributed by atoms with Crippen molar-refractivity contribution in [3.05, 3.63) is 57.7 Å². The Morgan fingerprint density at radius 1 is 1.21 bits per heavy atom. The average Bonchev–Trinajstić information content (AvgIpc) is 2.96. The van der Waals surface area contributed by atoms with Crippen molar-refractivity contribution >= 4 is 46.9 Å². The number of imide groups is 1. The fourth-order valence-corrected chi connectivity index (χ4v) is 3.22. The summed E-state index contributed by atoms with van der Waals surface area (Å²) < 4.78 is 11.2. The van der Waals surface area contributed by atoms with E-state index < -0.39 is 11.9 Å². The standard InChI is InChI=1S/C21H20Cl2N2O4/c1-4-12(2)29-19-16(23)8-13(10-18(19)28-3)9-17-20(26)25(21(27)24-17)15-7-5-6-14(22)11-15/h5-12H,4H2,1-3H3,(H,24,27)/b17-9+/t12-/m0/s1. The molecule has 2 aromatic carbocycles. The predicted molar refractivity (Wildman–Crippen MR) is 114 cm³/mol. The Hall–Kier alpha value is -2.70. The third kappa shape index (κ3) is 4.49. The van der Waals surface area contributed by atoms with E-state index in [1.165, 1.54) is 13.2 Å². The first-order chi connectivity index (χ1) is 13.8. The highest BCUT2D eigenvalue weighted by Gasteiger charge is 2.35. The third-order valence-electron chi connectivity index (χ3n) is 4.40. The van der Waals surface area contributed by atoms with Crippen molar-refractivity contribution in [2.24, 2.45) is 0 Å². The van der Waals surface area contributed by atoms with Gasteiger partial charge in [0.15, 0.2) is 11.5 Å². The van der Waals surface area contributed by atoms with Gasteiger partial charge in [0.2, 0.25) is 0 Å². The van der Waals surface area contributed by atoms with Crippen LogP contribution in [0, 0.1) is 0 Å². The van der Waals surface area contributed by atoms with Crippen molar-refractivity contribution in [3.8, 4) is 11.5 Å². The molecule has 0 saturated carbocycles. The maximum atomic E-state index is 12.8. The second kappa shape index (κ2) is 8.76. The minimum absolute atomic E-state index is 0.0347. The Morgan fingerprint density at radius 3 is 2.62 bits per heavy atom. The van der Waals surface area contributed by atoms with Crippen LogP contribution >= 0.6 is 23.2 Å². The zero-order valence-corrected chi connectivity index (χ0v) is 17.7. The molecule has 0 aromatic heterocycles. The molecule has 6 nitrogen and oxygen atoms in total. The Labute approximate surface area is 179 Å². The Balaban J connectivity index is 1.93. The number of ether oxygens (including phenoxy) is 2. The summed E-state index contributed by atoms with van der Waals surface area (Å²) in [5.74, 6) is 0.383. The van der Waals surface area contributed by atoms with Crippen molar-refractivity contribution in [3.63, 3.8) is 0 Å². The molecule has 1 fully saturated rings. The van der Waals surface area contributed by atoms with Crippen molar-refractivity contribution in [1.29, 1.82) is 0 Å². The summed E-state index contributed by atoms with van der Waals surface area (Å²) in [5, 5.41) is 3.35. The first-order valence-corrected chi connectivity index (χ1v) is 9.76. The van der Waals surface area contributed by atoms with Gasteiger partial charge in [0, 0.05) is 5.02 Å². The first kappa shape index (κ1) is 21.0. The van der Waals surface area contributed by atoms with Gasteiger partial charge in [0.1, 0.15) is 5.70 Å². The monoisotopic (exact) mass is 434 g/mol. The largest absolute Gasteiger partial charge is 0.493 e. The molecule has 0 radical (unpaired) electrons. The van der Waals surface area contributed by atoms with Gasteiger partial charge in [-0.3, -0.25) is 4.79 Å².